The van der Waals surface area contributed by atoms with Gasteiger partial charge in [0.25, 0.3) is 0 Å². The van der Waals surface area contributed by atoms with Crippen LogP contribution in [0.4, 0.5) is 0 Å². The minimum Gasteiger partial charge on any atom is -0.492 e. The van der Waals surface area contributed by atoms with Crippen LogP contribution in [-0.2, 0) is 0 Å². The molecule has 78 valence electrons. The molecule has 0 amide bonds. The smallest absolute Gasteiger partial charge is 0.159 e. The summed E-state index contributed by atoms with van der Waals surface area (Å²) < 4.78 is 5.37. The molecule has 0 heterocycles. The van der Waals surface area contributed by atoms with Crippen molar-refractivity contribution in [3.05, 3.63) is 29.8 Å². The van der Waals surface area contributed by atoms with E-state index in [1.165, 1.54) is 6.92 Å². The van der Waals surface area contributed by atoms with Crippen LogP contribution < -0.4 is 4.74 Å². The van der Waals surface area contributed by atoms with Crippen LogP contribution in [0.1, 0.15) is 24.2 Å². The summed E-state index contributed by atoms with van der Waals surface area (Å²) in [5.74, 6) is 0.490. The van der Waals surface area contributed by atoms with Gasteiger partial charge in [-0.2, -0.15) is 5.26 Å². The number of benzene rings is 1. The van der Waals surface area contributed by atoms with Crippen molar-refractivity contribution in [2.75, 3.05) is 6.61 Å². The minimum absolute atomic E-state index is 0.00813. The van der Waals surface area contributed by atoms with Crippen molar-refractivity contribution in [1.29, 1.82) is 5.26 Å². The maximum atomic E-state index is 11.1. The first-order valence-corrected chi connectivity index (χ1v) is 4.77. The molecule has 1 unspecified atom stereocenters. The standard InChI is InChI=1S/C12H13NO2/c1-9(7-13)8-15-12-5-3-4-11(6-12)10(2)14/h3-6,9H,8H2,1-2H3. The third-order valence-corrected chi connectivity index (χ3v) is 1.96. The van der Waals surface area contributed by atoms with Gasteiger partial charge in [0.1, 0.15) is 12.4 Å². The Labute approximate surface area is 89.3 Å². The average molecular weight is 203 g/mol. The van der Waals surface area contributed by atoms with Crippen molar-refractivity contribution in [2.24, 2.45) is 5.92 Å². The lowest BCUT2D eigenvalue weighted by Crippen LogP contribution is -2.06. The van der Waals surface area contributed by atoms with Crippen molar-refractivity contribution >= 4 is 5.78 Å². The van der Waals surface area contributed by atoms with Crippen LogP contribution in [-0.4, -0.2) is 12.4 Å². The Balaban J connectivity index is 2.67. The summed E-state index contributed by atoms with van der Waals surface area (Å²) in [6.45, 7) is 3.64. The third-order valence-electron chi connectivity index (χ3n) is 1.96. The second kappa shape index (κ2) is 5.16. The monoisotopic (exact) mass is 203 g/mol. The van der Waals surface area contributed by atoms with E-state index in [0.29, 0.717) is 17.9 Å². The van der Waals surface area contributed by atoms with E-state index in [1.807, 2.05) is 0 Å². The molecule has 0 aliphatic carbocycles. The van der Waals surface area contributed by atoms with Crippen LogP contribution in [0.5, 0.6) is 5.75 Å². The third kappa shape index (κ3) is 3.43. The fourth-order valence-electron chi connectivity index (χ4n) is 1.06. The Morgan fingerprint density at radius 2 is 2.33 bits per heavy atom. The number of carbonyl (C=O) groups is 1. The van der Waals surface area contributed by atoms with Crippen LogP contribution in [0, 0.1) is 17.2 Å². The number of rotatable bonds is 4. The Kier molecular flexibility index (Phi) is 3.87. The quantitative estimate of drug-likeness (QED) is 0.706. The number of carbonyl (C=O) groups excluding carboxylic acids is 1. The fraction of sp³-hybridized carbons (Fsp3) is 0.333. The number of ether oxygens (including phenoxy) is 1. The van der Waals surface area contributed by atoms with E-state index in [4.69, 9.17) is 10.00 Å². The second-order valence-corrected chi connectivity index (χ2v) is 3.43. The predicted molar refractivity (Wildman–Crippen MR) is 56.7 cm³/mol. The largest absolute Gasteiger partial charge is 0.492 e. The maximum absolute atomic E-state index is 11.1. The lowest BCUT2D eigenvalue weighted by atomic mass is 10.1. The molecule has 3 heteroatoms. The van der Waals surface area contributed by atoms with E-state index in [0.717, 1.165) is 0 Å². The van der Waals surface area contributed by atoms with Gasteiger partial charge in [-0.05, 0) is 26.0 Å². The van der Waals surface area contributed by atoms with Crippen molar-refractivity contribution in [1.82, 2.24) is 0 Å². The number of hydrogen-bond donors (Lipinski definition) is 0. The first kappa shape index (κ1) is 11.3. The summed E-state index contributed by atoms with van der Waals surface area (Å²) in [6, 6.07) is 9.05. The van der Waals surface area contributed by atoms with Gasteiger partial charge in [0, 0.05) is 5.56 Å². The molecular weight excluding hydrogens is 190 g/mol. The normalized spacial score (nSPS) is 11.5. The molecule has 0 bridgehead atoms. The zero-order valence-corrected chi connectivity index (χ0v) is 8.86. The van der Waals surface area contributed by atoms with Gasteiger partial charge >= 0.3 is 0 Å². The van der Waals surface area contributed by atoms with Crippen LogP contribution in [0.3, 0.4) is 0 Å². The predicted octanol–water partition coefficient (Wildman–Crippen LogP) is 2.43. The van der Waals surface area contributed by atoms with Crippen LogP contribution in [0.2, 0.25) is 0 Å². The molecule has 0 fully saturated rings. The average Bonchev–Trinajstić information content (AvgIpc) is 2.26. The van der Waals surface area contributed by atoms with Crippen molar-refractivity contribution < 1.29 is 9.53 Å². The molecule has 1 aromatic rings. The lowest BCUT2D eigenvalue weighted by molar-refractivity contribution is 0.101. The van der Waals surface area contributed by atoms with E-state index in [1.54, 1.807) is 31.2 Å². The van der Waals surface area contributed by atoms with E-state index >= 15 is 0 Å². The molecule has 0 aromatic heterocycles. The van der Waals surface area contributed by atoms with Crippen LogP contribution in [0.25, 0.3) is 0 Å². The number of hydrogen-bond acceptors (Lipinski definition) is 3. The first-order valence-electron chi connectivity index (χ1n) is 4.77. The Hall–Kier alpha value is -1.82. The highest BCUT2D eigenvalue weighted by molar-refractivity contribution is 5.94. The second-order valence-electron chi connectivity index (χ2n) is 3.43. The van der Waals surface area contributed by atoms with Gasteiger partial charge < -0.3 is 4.74 Å². The highest BCUT2D eigenvalue weighted by Crippen LogP contribution is 2.14. The van der Waals surface area contributed by atoms with Gasteiger partial charge in [-0.1, -0.05) is 12.1 Å². The number of ketones is 1. The number of nitriles is 1. The topological polar surface area (TPSA) is 50.1 Å². The SMILES string of the molecule is CC(=O)c1cccc(OCC(C)C#N)c1. The van der Waals surface area contributed by atoms with Crippen molar-refractivity contribution in [3.8, 4) is 11.8 Å². The molecule has 0 aliphatic heterocycles. The lowest BCUT2D eigenvalue weighted by Gasteiger charge is -2.07. The Bertz CT molecular complexity index is 393. The first-order chi connectivity index (χ1) is 7.13. The van der Waals surface area contributed by atoms with E-state index in [2.05, 4.69) is 6.07 Å². The Morgan fingerprint density at radius 3 is 2.93 bits per heavy atom. The summed E-state index contributed by atoms with van der Waals surface area (Å²) in [6.07, 6.45) is 0. The van der Waals surface area contributed by atoms with Gasteiger partial charge in [-0.25, -0.2) is 0 Å². The molecule has 0 aliphatic rings. The Morgan fingerprint density at radius 1 is 1.60 bits per heavy atom. The van der Waals surface area contributed by atoms with Crippen molar-refractivity contribution in [2.45, 2.75) is 13.8 Å². The summed E-state index contributed by atoms with van der Waals surface area (Å²) in [7, 11) is 0. The number of Topliss-reactive ketones (excluding diaryl/α,β-unsaturated/α-hetero) is 1. The van der Waals surface area contributed by atoms with E-state index < -0.39 is 0 Å². The molecule has 0 radical (unpaired) electrons. The van der Waals surface area contributed by atoms with Gasteiger partial charge in [0.05, 0.1) is 12.0 Å². The van der Waals surface area contributed by atoms with E-state index in [-0.39, 0.29) is 11.7 Å². The van der Waals surface area contributed by atoms with Gasteiger partial charge in [-0.15, -0.1) is 0 Å². The molecule has 3 nitrogen and oxygen atoms in total. The highest BCUT2D eigenvalue weighted by Gasteiger charge is 2.03. The molecule has 0 saturated heterocycles. The van der Waals surface area contributed by atoms with Gasteiger partial charge in [0.2, 0.25) is 0 Å². The summed E-state index contributed by atoms with van der Waals surface area (Å²) in [4.78, 5) is 11.1. The summed E-state index contributed by atoms with van der Waals surface area (Å²) >= 11 is 0. The zero-order chi connectivity index (χ0) is 11.3. The van der Waals surface area contributed by atoms with Gasteiger partial charge in [-0.3, -0.25) is 4.79 Å². The summed E-state index contributed by atoms with van der Waals surface area (Å²) in [5.41, 5.74) is 0.622. The van der Waals surface area contributed by atoms with Crippen molar-refractivity contribution in [3.63, 3.8) is 0 Å². The highest BCUT2D eigenvalue weighted by atomic mass is 16.5. The fourth-order valence-corrected chi connectivity index (χ4v) is 1.06. The number of nitrogens with zero attached hydrogens (tertiary/aromatic N) is 1. The molecule has 0 spiro atoms. The molecule has 15 heavy (non-hydrogen) atoms. The maximum Gasteiger partial charge on any atom is 0.159 e. The summed E-state index contributed by atoms with van der Waals surface area (Å²) in [5, 5.41) is 8.57. The molecule has 1 aromatic carbocycles. The molecule has 0 saturated carbocycles. The van der Waals surface area contributed by atoms with Gasteiger partial charge in [0.15, 0.2) is 5.78 Å². The van der Waals surface area contributed by atoms with Crippen LogP contribution >= 0.6 is 0 Å². The molecule has 1 rings (SSSR count). The molecule has 1 atom stereocenters. The minimum atomic E-state index is -0.147. The van der Waals surface area contributed by atoms with E-state index in [9.17, 15) is 4.79 Å². The van der Waals surface area contributed by atoms with Crippen LogP contribution in [0.15, 0.2) is 24.3 Å². The zero-order valence-electron chi connectivity index (χ0n) is 8.86. The molecule has 0 N–H and O–H groups in total. The molecular formula is C12H13NO2.